The van der Waals surface area contributed by atoms with E-state index in [2.05, 4.69) is 30.1 Å². The van der Waals surface area contributed by atoms with E-state index in [1.54, 1.807) is 6.92 Å². The fourth-order valence-electron chi connectivity index (χ4n) is 5.16. The molecule has 3 aliphatic rings. The van der Waals surface area contributed by atoms with E-state index in [1.165, 1.54) is 11.0 Å². The number of carbonyl (C=O) groups is 3. The zero-order valence-electron chi connectivity index (χ0n) is 21.7. The molecule has 3 rings (SSSR count). The average Bonchev–Trinajstić information content (AvgIpc) is 3.68. The summed E-state index contributed by atoms with van der Waals surface area (Å²) < 4.78 is 26.4. The van der Waals surface area contributed by atoms with Crippen molar-refractivity contribution in [1.82, 2.24) is 14.9 Å². The van der Waals surface area contributed by atoms with Crippen molar-refractivity contribution in [2.45, 2.75) is 94.6 Å². The van der Waals surface area contributed by atoms with Gasteiger partial charge in [0.25, 0.3) is 5.91 Å². The van der Waals surface area contributed by atoms with Crippen molar-refractivity contribution < 1.29 is 27.9 Å². The van der Waals surface area contributed by atoms with Crippen molar-refractivity contribution in [2.24, 2.45) is 17.8 Å². The van der Waals surface area contributed by atoms with Crippen LogP contribution in [-0.2, 0) is 24.4 Å². The minimum Gasteiger partial charge on any atom is -0.391 e. The second kappa shape index (κ2) is 10.7. The lowest BCUT2D eigenvalue weighted by molar-refractivity contribution is -0.140. The molecular formula is C26H41N3O6S. The van der Waals surface area contributed by atoms with E-state index in [4.69, 9.17) is 0 Å². The number of sulfonamides is 1. The number of nitrogens with zero attached hydrogens (tertiary/aromatic N) is 1. The quantitative estimate of drug-likeness (QED) is 0.317. The van der Waals surface area contributed by atoms with E-state index < -0.39 is 50.2 Å². The Balaban J connectivity index is 1.65. The first kappa shape index (κ1) is 28.4. The Morgan fingerprint density at radius 1 is 1.19 bits per heavy atom. The van der Waals surface area contributed by atoms with Crippen LogP contribution in [0.5, 0.6) is 0 Å². The number of β-amino-alcohol motifs (C(OH)–C–C–N with tert-alkyl or cyclic N) is 1. The third-order valence-corrected chi connectivity index (χ3v) is 10.1. The molecule has 6 atom stereocenters. The number of carbonyl (C=O) groups excluding carboxylic acids is 3. The zero-order valence-corrected chi connectivity index (χ0v) is 22.5. The van der Waals surface area contributed by atoms with Gasteiger partial charge in [-0.05, 0) is 57.3 Å². The number of amides is 3. The van der Waals surface area contributed by atoms with E-state index in [1.807, 2.05) is 13.0 Å². The summed E-state index contributed by atoms with van der Waals surface area (Å²) in [5.74, 6) is -1.44. The summed E-state index contributed by atoms with van der Waals surface area (Å²) >= 11 is 0. The van der Waals surface area contributed by atoms with Gasteiger partial charge in [-0.1, -0.05) is 26.0 Å². The second-order valence-corrected chi connectivity index (χ2v) is 13.6. The summed E-state index contributed by atoms with van der Waals surface area (Å²) in [6, 6.07) is -0.925. The monoisotopic (exact) mass is 523 g/mol. The van der Waals surface area contributed by atoms with Crippen LogP contribution in [-0.4, -0.2) is 65.1 Å². The second-order valence-electron chi connectivity index (χ2n) is 11.4. The normalized spacial score (nSPS) is 30.1. The third kappa shape index (κ3) is 6.02. The highest BCUT2D eigenvalue weighted by Crippen LogP contribution is 2.47. The molecule has 1 heterocycles. The standard InChI is InChI=1S/C26H41N3O6S/c1-6-8-9-17(3)12-18(4)13-22(31)29-16-20(30)14-21(29)23(32)27-26(15-19(26)7-2)24(33)28-36(34,35)25(5)10-11-25/h6-7,17-21,30H,1-2,8-16H2,3-5H3,(H,27,32)(H,28,33)/t17?,18-,19-,20-,21+,26-/m1/s1. The van der Waals surface area contributed by atoms with Crippen LogP contribution >= 0.6 is 0 Å². The molecule has 0 aromatic heterocycles. The molecule has 0 radical (unpaired) electrons. The number of likely N-dealkylation sites (tertiary alicyclic amines) is 1. The lowest BCUT2D eigenvalue weighted by atomic mass is 9.91. The van der Waals surface area contributed by atoms with Gasteiger partial charge < -0.3 is 15.3 Å². The highest BCUT2D eigenvalue weighted by atomic mass is 32.2. The van der Waals surface area contributed by atoms with E-state index >= 15 is 0 Å². The fourth-order valence-corrected chi connectivity index (χ4v) is 6.47. The summed E-state index contributed by atoms with van der Waals surface area (Å²) in [7, 11) is -3.87. The van der Waals surface area contributed by atoms with E-state index in [0.29, 0.717) is 18.8 Å². The molecule has 1 unspecified atom stereocenters. The van der Waals surface area contributed by atoms with Gasteiger partial charge in [0.15, 0.2) is 0 Å². The average molecular weight is 524 g/mol. The van der Waals surface area contributed by atoms with Gasteiger partial charge in [-0.2, -0.15) is 0 Å². The number of aliphatic hydroxyl groups excluding tert-OH is 1. The lowest BCUT2D eigenvalue weighted by Gasteiger charge is -2.28. The highest BCUT2D eigenvalue weighted by Gasteiger charge is 2.62. The Kier molecular flexibility index (Phi) is 8.40. The van der Waals surface area contributed by atoms with Crippen molar-refractivity contribution in [3.8, 4) is 0 Å². The van der Waals surface area contributed by atoms with Crippen LogP contribution in [0.1, 0.15) is 72.1 Å². The molecule has 1 aliphatic heterocycles. The molecule has 2 saturated carbocycles. The van der Waals surface area contributed by atoms with Gasteiger partial charge in [0, 0.05) is 25.3 Å². The molecule has 0 aromatic rings. The van der Waals surface area contributed by atoms with Crippen LogP contribution in [0, 0.1) is 17.8 Å². The SMILES string of the molecule is C=CCCC(C)C[C@@H](C)CC(=O)N1C[C@H](O)C[C@H]1C(=O)N[C@]1(C(=O)NS(=O)(=O)C2(C)CC2)C[C@H]1C=C. The van der Waals surface area contributed by atoms with Crippen LogP contribution in [0.2, 0.25) is 0 Å². The Labute approximate surface area is 214 Å². The Bertz CT molecular complexity index is 1010. The first-order valence-corrected chi connectivity index (χ1v) is 14.4. The van der Waals surface area contributed by atoms with Crippen molar-refractivity contribution in [3.05, 3.63) is 25.3 Å². The van der Waals surface area contributed by atoms with Crippen molar-refractivity contribution in [1.29, 1.82) is 0 Å². The molecule has 3 amide bonds. The maximum absolute atomic E-state index is 13.3. The maximum atomic E-state index is 13.3. The molecule has 0 spiro atoms. The Morgan fingerprint density at radius 3 is 2.42 bits per heavy atom. The topological polar surface area (TPSA) is 133 Å². The minimum absolute atomic E-state index is 0.0481. The maximum Gasteiger partial charge on any atom is 0.259 e. The highest BCUT2D eigenvalue weighted by molar-refractivity contribution is 7.91. The van der Waals surface area contributed by atoms with Gasteiger partial charge in [0.1, 0.15) is 11.6 Å². The number of allylic oxidation sites excluding steroid dienone is 1. The number of rotatable bonds is 13. The fraction of sp³-hybridized carbons (Fsp3) is 0.731. The van der Waals surface area contributed by atoms with Crippen molar-refractivity contribution >= 4 is 27.7 Å². The van der Waals surface area contributed by atoms with Crippen LogP contribution < -0.4 is 10.0 Å². The van der Waals surface area contributed by atoms with Crippen molar-refractivity contribution in [2.75, 3.05) is 6.54 Å². The smallest absolute Gasteiger partial charge is 0.259 e. The van der Waals surface area contributed by atoms with Gasteiger partial charge in [0.05, 0.1) is 10.9 Å². The molecule has 2 aliphatic carbocycles. The van der Waals surface area contributed by atoms with Crippen molar-refractivity contribution in [3.63, 3.8) is 0 Å². The number of hydrogen-bond donors (Lipinski definition) is 3. The molecule has 202 valence electrons. The molecule has 3 fully saturated rings. The molecule has 3 N–H and O–H groups in total. The summed E-state index contributed by atoms with van der Waals surface area (Å²) in [6.07, 6.45) is 6.84. The third-order valence-electron chi connectivity index (χ3n) is 7.97. The predicted octanol–water partition coefficient (Wildman–Crippen LogP) is 2.03. The number of nitrogens with one attached hydrogen (secondary N) is 2. The van der Waals surface area contributed by atoms with Crippen LogP contribution in [0.4, 0.5) is 0 Å². The largest absolute Gasteiger partial charge is 0.391 e. The number of aliphatic hydroxyl groups is 1. The summed E-state index contributed by atoms with van der Waals surface area (Å²) in [4.78, 5) is 40.8. The molecule has 0 aromatic carbocycles. The molecular weight excluding hydrogens is 482 g/mol. The minimum atomic E-state index is -3.87. The molecule has 9 nitrogen and oxygen atoms in total. The van der Waals surface area contributed by atoms with Gasteiger partial charge in [-0.3, -0.25) is 19.1 Å². The van der Waals surface area contributed by atoms with Crippen LogP contribution in [0.3, 0.4) is 0 Å². The Morgan fingerprint density at radius 2 is 1.86 bits per heavy atom. The first-order chi connectivity index (χ1) is 16.8. The first-order valence-electron chi connectivity index (χ1n) is 12.9. The van der Waals surface area contributed by atoms with Gasteiger partial charge in [-0.15, -0.1) is 13.2 Å². The molecule has 36 heavy (non-hydrogen) atoms. The molecule has 10 heteroatoms. The van der Waals surface area contributed by atoms with E-state index in [-0.39, 0.29) is 37.6 Å². The van der Waals surface area contributed by atoms with E-state index in [0.717, 1.165) is 19.3 Å². The lowest BCUT2D eigenvalue weighted by Crippen LogP contribution is -2.57. The van der Waals surface area contributed by atoms with Gasteiger partial charge >= 0.3 is 0 Å². The Hall–Kier alpha value is -2.20. The van der Waals surface area contributed by atoms with Crippen LogP contribution in [0.15, 0.2) is 25.3 Å². The molecule has 0 bridgehead atoms. The van der Waals surface area contributed by atoms with E-state index in [9.17, 15) is 27.9 Å². The predicted molar refractivity (Wildman–Crippen MR) is 137 cm³/mol. The van der Waals surface area contributed by atoms with Gasteiger partial charge in [0.2, 0.25) is 21.8 Å². The van der Waals surface area contributed by atoms with Crippen LogP contribution in [0.25, 0.3) is 0 Å². The number of hydrogen-bond acceptors (Lipinski definition) is 6. The summed E-state index contributed by atoms with van der Waals surface area (Å²) in [6.45, 7) is 13.2. The van der Waals surface area contributed by atoms with Gasteiger partial charge in [-0.25, -0.2) is 8.42 Å². The summed E-state index contributed by atoms with van der Waals surface area (Å²) in [5, 5.41) is 13.0. The molecule has 1 saturated heterocycles. The summed E-state index contributed by atoms with van der Waals surface area (Å²) in [5.41, 5.74) is -1.42. The zero-order chi connectivity index (χ0) is 26.9.